The van der Waals surface area contributed by atoms with Crippen LogP contribution in [-0.4, -0.2) is 30.8 Å². The molecule has 2 rings (SSSR count). The quantitative estimate of drug-likeness (QED) is 0.798. The first-order chi connectivity index (χ1) is 8.24. The number of hydrogen-bond donors (Lipinski definition) is 2. The van der Waals surface area contributed by atoms with Crippen molar-refractivity contribution in [2.75, 3.05) is 13.7 Å². The second-order valence-electron chi connectivity index (χ2n) is 4.26. The zero-order valence-corrected chi connectivity index (χ0v) is 11.0. The molecule has 102 valence electrons. The van der Waals surface area contributed by atoms with E-state index in [1.54, 1.807) is 13.2 Å². The van der Waals surface area contributed by atoms with Gasteiger partial charge in [-0.25, -0.2) is 0 Å². The molecule has 1 aliphatic rings. The predicted molar refractivity (Wildman–Crippen MR) is 67.5 cm³/mol. The van der Waals surface area contributed by atoms with Gasteiger partial charge in [-0.1, -0.05) is 5.16 Å². The highest BCUT2D eigenvalue weighted by Crippen LogP contribution is 2.32. The minimum atomic E-state index is -0.238. The molecule has 18 heavy (non-hydrogen) atoms. The molecule has 1 saturated carbocycles. The van der Waals surface area contributed by atoms with Crippen LogP contribution in [0.3, 0.4) is 0 Å². The van der Waals surface area contributed by atoms with Crippen LogP contribution >= 0.6 is 12.4 Å². The van der Waals surface area contributed by atoms with E-state index in [9.17, 15) is 4.79 Å². The lowest BCUT2D eigenvalue weighted by molar-refractivity contribution is 0.0923. The highest BCUT2D eigenvalue weighted by molar-refractivity contribution is 5.92. The molecule has 0 radical (unpaired) electrons. The van der Waals surface area contributed by atoms with Gasteiger partial charge in [0.15, 0.2) is 11.5 Å². The SMILES string of the molecule is COCc1cc(C(=O)NC(CN)C2CC2)no1.Cl. The van der Waals surface area contributed by atoms with Gasteiger partial charge in [-0.3, -0.25) is 4.79 Å². The van der Waals surface area contributed by atoms with Gasteiger partial charge in [-0.05, 0) is 18.8 Å². The van der Waals surface area contributed by atoms with Crippen LogP contribution in [0.5, 0.6) is 0 Å². The van der Waals surface area contributed by atoms with E-state index in [0.29, 0.717) is 24.8 Å². The van der Waals surface area contributed by atoms with Crippen LogP contribution in [0.4, 0.5) is 0 Å². The van der Waals surface area contributed by atoms with Crippen LogP contribution in [-0.2, 0) is 11.3 Å². The number of nitrogens with zero attached hydrogens (tertiary/aromatic N) is 1. The molecule has 1 unspecified atom stereocenters. The summed E-state index contributed by atoms with van der Waals surface area (Å²) in [5.41, 5.74) is 5.89. The van der Waals surface area contributed by atoms with E-state index in [2.05, 4.69) is 10.5 Å². The number of methoxy groups -OCH3 is 1. The van der Waals surface area contributed by atoms with Crippen LogP contribution in [0.1, 0.15) is 29.1 Å². The van der Waals surface area contributed by atoms with E-state index in [0.717, 1.165) is 12.8 Å². The van der Waals surface area contributed by atoms with Crippen molar-refractivity contribution in [3.63, 3.8) is 0 Å². The van der Waals surface area contributed by atoms with Gasteiger partial charge in [0, 0.05) is 25.8 Å². The molecular weight excluding hydrogens is 258 g/mol. The predicted octanol–water partition coefficient (Wildman–Crippen LogP) is 0.710. The molecule has 1 aromatic rings. The van der Waals surface area contributed by atoms with Crippen molar-refractivity contribution in [2.45, 2.75) is 25.5 Å². The van der Waals surface area contributed by atoms with Gasteiger partial charge in [-0.15, -0.1) is 12.4 Å². The Hall–Kier alpha value is -1.11. The number of amides is 1. The highest BCUT2D eigenvalue weighted by Gasteiger charge is 2.31. The molecule has 1 aromatic heterocycles. The fraction of sp³-hybridized carbons (Fsp3) is 0.636. The standard InChI is InChI=1S/C11H17N3O3.ClH/c1-16-6-8-4-9(14-17-8)11(15)13-10(5-12)7-2-3-7;/h4,7,10H,2-3,5-6,12H2,1H3,(H,13,15);1H. The van der Waals surface area contributed by atoms with E-state index < -0.39 is 0 Å². The maximum Gasteiger partial charge on any atom is 0.273 e. The molecule has 0 aliphatic heterocycles. The van der Waals surface area contributed by atoms with E-state index in [1.165, 1.54) is 0 Å². The van der Waals surface area contributed by atoms with Crippen molar-refractivity contribution in [2.24, 2.45) is 11.7 Å². The second kappa shape index (κ2) is 6.72. The summed E-state index contributed by atoms with van der Waals surface area (Å²) in [7, 11) is 1.56. The molecular formula is C11H18ClN3O3. The van der Waals surface area contributed by atoms with E-state index >= 15 is 0 Å². The fourth-order valence-electron chi connectivity index (χ4n) is 1.74. The molecule has 0 aromatic carbocycles. The number of carbonyl (C=O) groups excluding carboxylic acids is 1. The summed E-state index contributed by atoms with van der Waals surface area (Å²) in [6, 6.07) is 1.63. The van der Waals surface area contributed by atoms with Gasteiger partial charge >= 0.3 is 0 Å². The van der Waals surface area contributed by atoms with Crippen molar-refractivity contribution >= 4 is 18.3 Å². The third-order valence-corrected chi connectivity index (χ3v) is 2.84. The van der Waals surface area contributed by atoms with Crippen LogP contribution < -0.4 is 11.1 Å². The first kappa shape index (κ1) is 14.9. The highest BCUT2D eigenvalue weighted by atomic mass is 35.5. The summed E-state index contributed by atoms with van der Waals surface area (Å²) in [6.45, 7) is 0.766. The Balaban J connectivity index is 0.00000162. The number of carbonyl (C=O) groups is 1. The lowest BCUT2D eigenvalue weighted by atomic mass is 10.2. The molecule has 1 fully saturated rings. The minimum Gasteiger partial charge on any atom is -0.377 e. The number of ether oxygens (including phenoxy) is 1. The lowest BCUT2D eigenvalue weighted by Crippen LogP contribution is -2.41. The van der Waals surface area contributed by atoms with Gasteiger partial charge in [0.05, 0.1) is 0 Å². The largest absolute Gasteiger partial charge is 0.377 e. The van der Waals surface area contributed by atoms with Crippen molar-refractivity contribution in [3.8, 4) is 0 Å². The molecule has 0 bridgehead atoms. The van der Waals surface area contributed by atoms with Crippen LogP contribution in [0.2, 0.25) is 0 Å². The van der Waals surface area contributed by atoms with Crippen LogP contribution in [0.15, 0.2) is 10.6 Å². The third kappa shape index (κ3) is 3.69. The molecule has 1 atom stereocenters. The van der Waals surface area contributed by atoms with Crippen molar-refractivity contribution in [3.05, 3.63) is 17.5 Å². The summed E-state index contributed by atoms with van der Waals surface area (Å²) in [5.74, 6) is 0.820. The van der Waals surface area contributed by atoms with Crippen LogP contribution in [0.25, 0.3) is 0 Å². The zero-order chi connectivity index (χ0) is 12.3. The van der Waals surface area contributed by atoms with Gasteiger partial charge in [0.1, 0.15) is 6.61 Å². The number of aromatic nitrogens is 1. The summed E-state index contributed by atoms with van der Waals surface area (Å²) in [6.07, 6.45) is 2.27. The van der Waals surface area contributed by atoms with Gasteiger partial charge in [0.2, 0.25) is 0 Å². The Morgan fingerprint density at radius 2 is 2.44 bits per heavy atom. The monoisotopic (exact) mass is 275 g/mol. The van der Waals surface area contributed by atoms with Crippen molar-refractivity contribution in [1.29, 1.82) is 0 Å². The van der Waals surface area contributed by atoms with Crippen molar-refractivity contribution in [1.82, 2.24) is 10.5 Å². The molecule has 1 amide bonds. The average molecular weight is 276 g/mol. The van der Waals surface area contributed by atoms with E-state index in [1.807, 2.05) is 0 Å². The third-order valence-electron chi connectivity index (χ3n) is 2.84. The number of rotatable bonds is 6. The Bertz CT molecular complexity index is 393. The number of nitrogens with one attached hydrogen (secondary N) is 1. The van der Waals surface area contributed by atoms with Gasteiger partial charge < -0.3 is 20.3 Å². The molecule has 3 N–H and O–H groups in total. The van der Waals surface area contributed by atoms with Crippen LogP contribution in [0, 0.1) is 5.92 Å². The fourth-order valence-corrected chi connectivity index (χ4v) is 1.74. The van der Waals surface area contributed by atoms with E-state index in [4.69, 9.17) is 15.0 Å². The summed E-state index contributed by atoms with van der Waals surface area (Å²) < 4.78 is 9.84. The maximum absolute atomic E-state index is 11.8. The molecule has 7 heteroatoms. The average Bonchev–Trinajstić information content (AvgIpc) is 3.06. The summed E-state index contributed by atoms with van der Waals surface area (Å²) in [4.78, 5) is 11.8. The molecule has 6 nitrogen and oxygen atoms in total. The normalized spacial score (nSPS) is 15.9. The van der Waals surface area contributed by atoms with E-state index in [-0.39, 0.29) is 30.0 Å². The molecule has 0 spiro atoms. The number of hydrogen-bond acceptors (Lipinski definition) is 5. The Labute approximate surface area is 112 Å². The summed E-state index contributed by atoms with van der Waals surface area (Å²) >= 11 is 0. The smallest absolute Gasteiger partial charge is 0.273 e. The van der Waals surface area contributed by atoms with Gasteiger partial charge in [-0.2, -0.15) is 0 Å². The number of halogens is 1. The minimum absolute atomic E-state index is 0. The topological polar surface area (TPSA) is 90.4 Å². The number of nitrogens with two attached hydrogens (primary N) is 1. The first-order valence-corrected chi connectivity index (χ1v) is 5.70. The molecule has 1 heterocycles. The Morgan fingerprint density at radius 1 is 1.72 bits per heavy atom. The van der Waals surface area contributed by atoms with Gasteiger partial charge in [0.25, 0.3) is 5.91 Å². The summed E-state index contributed by atoms with van der Waals surface area (Å²) in [5, 5.41) is 6.57. The van der Waals surface area contributed by atoms with Crippen molar-refractivity contribution < 1.29 is 14.1 Å². The molecule has 1 aliphatic carbocycles. The second-order valence-corrected chi connectivity index (χ2v) is 4.26. The Morgan fingerprint density at radius 3 is 3.00 bits per heavy atom. The lowest BCUT2D eigenvalue weighted by Gasteiger charge is -2.14. The molecule has 0 saturated heterocycles. The maximum atomic E-state index is 11.8. The first-order valence-electron chi connectivity index (χ1n) is 5.70. The Kier molecular flexibility index (Phi) is 5.58. The zero-order valence-electron chi connectivity index (χ0n) is 10.2.